The van der Waals surface area contributed by atoms with Crippen LogP contribution in [0.5, 0.6) is 0 Å². The summed E-state index contributed by atoms with van der Waals surface area (Å²) >= 11 is 0. The van der Waals surface area contributed by atoms with Crippen LogP contribution in [0.3, 0.4) is 0 Å². The van der Waals surface area contributed by atoms with E-state index in [2.05, 4.69) is 79.2 Å². The Morgan fingerprint density at radius 3 is 1.50 bits per heavy atom. The minimum atomic E-state index is 0. The molecule has 0 unspecified atom stereocenters. The monoisotopic (exact) mass is 277 g/mol. The zero-order chi connectivity index (χ0) is 15.3. The van der Waals surface area contributed by atoms with Gasteiger partial charge in [-0.3, -0.25) is 0 Å². The molecule has 0 aliphatic rings. The van der Waals surface area contributed by atoms with Gasteiger partial charge in [-0.25, -0.2) is 0 Å². The number of hydrogen-bond acceptors (Lipinski definition) is 1. The second-order valence-corrected chi connectivity index (χ2v) is 7.16. The Hall–Kier alpha value is -1.08. The largest absolute Gasteiger partial charge is 0.305 e. The minimum Gasteiger partial charge on any atom is -0.305 e. The molecule has 0 heterocycles. The van der Waals surface area contributed by atoms with Crippen LogP contribution in [0.15, 0.2) is 36.9 Å². The van der Waals surface area contributed by atoms with Crippen molar-refractivity contribution in [2.75, 3.05) is 14.1 Å². The minimum absolute atomic E-state index is 0. The highest BCUT2D eigenvalue weighted by Crippen LogP contribution is 2.31. The molecule has 1 heteroatoms. The fourth-order valence-electron chi connectivity index (χ4n) is 1.07. The van der Waals surface area contributed by atoms with Crippen LogP contribution in [-0.2, 0) is 0 Å². The molecule has 116 valence electrons. The van der Waals surface area contributed by atoms with E-state index in [1.807, 2.05) is 18.2 Å². The third-order valence-electron chi connectivity index (χ3n) is 3.37. The Kier molecular flexibility index (Phi) is 8.77. The molecule has 1 nitrogen and oxygen atoms in total. The molecule has 0 saturated carbocycles. The predicted molar refractivity (Wildman–Crippen MR) is 95.1 cm³/mol. The van der Waals surface area contributed by atoms with E-state index in [0.29, 0.717) is 5.54 Å². The maximum atomic E-state index is 4.10. The Morgan fingerprint density at radius 1 is 0.900 bits per heavy atom. The van der Waals surface area contributed by atoms with Crippen molar-refractivity contribution in [1.82, 2.24) is 4.90 Å². The lowest BCUT2D eigenvalue weighted by Gasteiger charge is -2.27. The van der Waals surface area contributed by atoms with Gasteiger partial charge in [0.2, 0.25) is 0 Å². The van der Waals surface area contributed by atoms with Gasteiger partial charge in [0.1, 0.15) is 0 Å². The van der Waals surface area contributed by atoms with E-state index in [4.69, 9.17) is 0 Å². The molecule has 0 saturated heterocycles. The SMILES string of the molecule is C.C=C(c1ccccc1)C(C)(C)C.CN(C)C(C)(C)C. The number of hydrogen-bond donors (Lipinski definition) is 0. The van der Waals surface area contributed by atoms with Crippen molar-refractivity contribution in [1.29, 1.82) is 0 Å². The lowest BCUT2D eigenvalue weighted by atomic mass is 9.83. The molecular weight excluding hydrogens is 242 g/mol. The molecule has 1 aromatic carbocycles. The molecule has 1 rings (SSSR count). The van der Waals surface area contributed by atoms with Gasteiger partial charge in [0.25, 0.3) is 0 Å². The van der Waals surface area contributed by atoms with Gasteiger partial charge in [-0.2, -0.15) is 0 Å². The highest BCUT2D eigenvalue weighted by molar-refractivity contribution is 5.67. The van der Waals surface area contributed by atoms with Crippen molar-refractivity contribution in [2.45, 2.75) is 54.5 Å². The normalized spacial score (nSPS) is 11.2. The summed E-state index contributed by atoms with van der Waals surface area (Å²) in [6.45, 7) is 17.2. The summed E-state index contributed by atoms with van der Waals surface area (Å²) in [7, 11) is 4.17. The van der Waals surface area contributed by atoms with E-state index in [1.165, 1.54) is 11.1 Å². The van der Waals surface area contributed by atoms with Gasteiger partial charge in [-0.15, -0.1) is 0 Å². The van der Waals surface area contributed by atoms with Crippen molar-refractivity contribution in [3.63, 3.8) is 0 Å². The van der Waals surface area contributed by atoms with Crippen LogP contribution in [0.2, 0.25) is 0 Å². The van der Waals surface area contributed by atoms with E-state index in [-0.39, 0.29) is 12.8 Å². The average Bonchev–Trinajstić information content (AvgIpc) is 2.27. The molecule has 0 N–H and O–H groups in total. The lowest BCUT2D eigenvalue weighted by molar-refractivity contribution is 0.219. The molecule has 0 aromatic heterocycles. The zero-order valence-electron chi connectivity index (χ0n) is 14.0. The van der Waals surface area contributed by atoms with Crippen molar-refractivity contribution < 1.29 is 0 Å². The summed E-state index contributed by atoms with van der Waals surface area (Å²) < 4.78 is 0. The molecule has 0 bridgehead atoms. The lowest BCUT2D eigenvalue weighted by Crippen LogP contribution is -2.34. The topological polar surface area (TPSA) is 3.24 Å². The van der Waals surface area contributed by atoms with Crippen molar-refractivity contribution >= 4 is 5.57 Å². The molecular formula is C19H35N. The van der Waals surface area contributed by atoms with Crippen LogP contribution in [0, 0.1) is 5.41 Å². The van der Waals surface area contributed by atoms with E-state index >= 15 is 0 Å². The summed E-state index contributed by atoms with van der Waals surface area (Å²) in [4.78, 5) is 2.19. The Labute approximate surface area is 127 Å². The summed E-state index contributed by atoms with van der Waals surface area (Å²) in [5.41, 5.74) is 2.94. The number of nitrogens with zero attached hydrogens (tertiary/aromatic N) is 1. The summed E-state index contributed by atoms with van der Waals surface area (Å²) in [6.07, 6.45) is 0. The first kappa shape index (κ1) is 21.2. The molecule has 0 amide bonds. The van der Waals surface area contributed by atoms with Crippen molar-refractivity contribution in [2.24, 2.45) is 5.41 Å². The fourth-order valence-corrected chi connectivity index (χ4v) is 1.07. The maximum Gasteiger partial charge on any atom is 0.0118 e. The second kappa shape index (κ2) is 8.26. The van der Waals surface area contributed by atoms with Crippen LogP contribution in [-0.4, -0.2) is 24.5 Å². The summed E-state index contributed by atoms with van der Waals surface area (Å²) in [6, 6.07) is 10.3. The third-order valence-corrected chi connectivity index (χ3v) is 3.37. The highest BCUT2D eigenvalue weighted by Gasteiger charge is 2.15. The second-order valence-electron chi connectivity index (χ2n) is 7.16. The fraction of sp³-hybridized carbons (Fsp3) is 0.579. The number of allylic oxidation sites excluding steroid dienone is 1. The summed E-state index contributed by atoms with van der Waals surface area (Å²) in [5.74, 6) is 0. The molecule has 0 fully saturated rings. The zero-order valence-corrected chi connectivity index (χ0v) is 14.0. The van der Waals surface area contributed by atoms with E-state index in [9.17, 15) is 0 Å². The molecule has 0 aliphatic heterocycles. The third kappa shape index (κ3) is 8.16. The van der Waals surface area contributed by atoms with Gasteiger partial charge in [0.05, 0.1) is 0 Å². The van der Waals surface area contributed by atoms with Gasteiger partial charge in [-0.05, 0) is 51.4 Å². The van der Waals surface area contributed by atoms with Gasteiger partial charge >= 0.3 is 0 Å². The molecule has 1 aromatic rings. The number of rotatable bonds is 1. The standard InChI is InChI=1S/C12H16.C6H15N.CH4/c1-10(12(2,3)4)11-8-6-5-7-9-11;1-6(2,3)7(4)5;/h5-9H,1H2,2-4H3;1-5H3;1H4. The van der Waals surface area contributed by atoms with Crippen molar-refractivity contribution in [3.05, 3.63) is 42.5 Å². The van der Waals surface area contributed by atoms with Crippen LogP contribution in [0.25, 0.3) is 5.57 Å². The molecule has 0 spiro atoms. The smallest absolute Gasteiger partial charge is 0.0118 e. The van der Waals surface area contributed by atoms with Crippen molar-refractivity contribution in [3.8, 4) is 0 Å². The summed E-state index contributed by atoms with van der Waals surface area (Å²) in [5, 5.41) is 0. The van der Waals surface area contributed by atoms with Gasteiger partial charge in [0.15, 0.2) is 0 Å². The highest BCUT2D eigenvalue weighted by atomic mass is 15.1. The van der Waals surface area contributed by atoms with Crippen LogP contribution >= 0.6 is 0 Å². The molecule has 20 heavy (non-hydrogen) atoms. The molecule has 0 atom stereocenters. The Morgan fingerprint density at radius 2 is 1.25 bits per heavy atom. The quantitative estimate of drug-likeness (QED) is 0.633. The van der Waals surface area contributed by atoms with Crippen LogP contribution < -0.4 is 0 Å². The van der Waals surface area contributed by atoms with Gasteiger partial charge in [0, 0.05) is 5.54 Å². The first-order valence-electron chi connectivity index (χ1n) is 6.88. The van der Waals surface area contributed by atoms with Crippen LogP contribution in [0.4, 0.5) is 0 Å². The Bertz CT molecular complexity index is 374. The maximum absolute atomic E-state index is 4.10. The van der Waals surface area contributed by atoms with E-state index in [1.54, 1.807) is 0 Å². The molecule has 0 radical (unpaired) electrons. The average molecular weight is 277 g/mol. The predicted octanol–water partition coefficient (Wildman–Crippen LogP) is 5.73. The van der Waals surface area contributed by atoms with E-state index < -0.39 is 0 Å². The molecule has 0 aliphatic carbocycles. The van der Waals surface area contributed by atoms with Gasteiger partial charge in [-0.1, -0.05) is 65.1 Å². The number of benzene rings is 1. The Balaban J connectivity index is 0. The first-order valence-corrected chi connectivity index (χ1v) is 6.88. The van der Waals surface area contributed by atoms with Gasteiger partial charge < -0.3 is 4.90 Å². The van der Waals surface area contributed by atoms with Crippen LogP contribution in [0.1, 0.15) is 54.5 Å². The first-order chi connectivity index (χ1) is 8.46. The van der Waals surface area contributed by atoms with E-state index in [0.717, 1.165) is 0 Å².